The van der Waals surface area contributed by atoms with Gasteiger partial charge < -0.3 is 0 Å². The van der Waals surface area contributed by atoms with Crippen LogP contribution in [0.2, 0.25) is 0 Å². The van der Waals surface area contributed by atoms with E-state index >= 15 is 0 Å². The van der Waals surface area contributed by atoms with Crippen LogP contribution in [0, 0.1) is 10.8 Å². The zero-order valence-corrected chi connectivity index (χ0v) is 14.0. The second-order valence-corrected chi connectivity index (χ2v) is 8.04. The molecule has 0 N–H and O–H groups in total. The van der Waals surface area contributed by atoms with Gasteiger partial charge in [0.25, 0.3) is 0 Å². The van der Waals surface area contributed by atoms with Crippen molar-refractivity contribution in [3.63, 3.8) is 0 Å². The maximum absolute atomic E-state index is 2.79. The lowest BCUT2D eigenvalue weighted by Crippen LogP contribution is -2.23. The molecule has 0 aromatic heterocycles. The van der Waals surface area contributed by atoms with Crippen molar-refractivity contribution in [3.05, 3.63) is 35.4 Å². The summed E-state index contributed by atoms with van der Waals surface area (Å²) >= 11 is 0. The van der Waals surface area contributed by atoms with Crippen molar-refractivity contribution in [3.8, 4) is 0 Å². The normalized spacial score (nSPS) is 14.6. The molecule has 0 fully saturated rings. The van der Waals surface area contributed by atoms with Crippen molar-refractivity contribution in [2.75, 3.05) is 0 Å². The molecular formula is C17H29P. The van der Waals surface area contributed by atoms with Crippen LogP contribution in [0.25, 0.3) is 0 Å². The SMILES string of the molecule is CC(C)(C)CC(c1ccc(CP)cc1)C(C)(C)C. The van der Waals surface area contributed by atoms with Crippen molar-refractivity contribution < 1.29 is 0 Å². The first kappa shape index (κ1) is 15.7. The molecule has 1 rings (SSSR count). The average Bonchev–Trinajstić information content (AvgIpc) is 2.24. The van der Waals surface area contributed by atoms with Gasteiger partial charge >= 0.3 is 0 Å². The van der Waals surface area contributed by atoms with Gasteiger partial charge in [0.15, 0.2) is 0 Å². The van der Waals surface area contributed by atoms with Crippen molar-refractivity contribution in [2.45, 2.75) is 60.0 Å². The first-order valence-electron chi connectivity index (χ1n) is 6.92. The molecule has 1 aromatic carbocycles. The van der Waals surface area contributed by atoms with Gasteiger partial charge in [-0.25, -0.2) is 0 Å². The fourth-order valence-electron chi connectivity index (χ4n) is 2.42. The largest absolute Gasteiger partial charge is 0.133 e. The van der Waals surface area contributed by atoms with Gasteiger partial charge in [-0.05, 0) is 40.5 Å². The lowest BCUT2D eigenvalue weighted by Gasteiger charge is -2.36. The van der Waals surface area contributed by atoms with Crippen molar-refractivity contribution in [1.29, 1.82) is 0 Å². The van der Waals surface area contributed by atoms with Crippen LogP contribution >= 0.6 is 9.24 Å². The minimum atomic E-state index is 0.315. The fourth-order valence-corrected chi connectivity index (χ4v) is 2.69. The van der Waals surface area contributed by atoms with E-state index in [1.165, 1.54) is 17.5 Å². The second-order valence-electron chi connectivity index (χ2n) is 7.63. The maximum atomic E-state index is 2.79. The van der Waals surface area contributed by atoms with Gasteiger partial charge in [-0.3, -0.25) is 0 Å². The Morgan fingerprint density at radius 1 is 0.944 bits per heavy atom. The van der Waals surface area contributed by atoms with E-state index in [1.54, 1.807) is 0 Å². The van der Waals surface area contributed by atoms with E-state index in [4.69, 9.17) is 0 Å². The third-order valence-electron chi connectivity index (χ3n) is 3.48. The van der Waals surface area contributed by atoms with Crippen LogP contribution in [0.5, 0.6) is 0 Å². The first-order valence-corrected chi connectivity index (χ1v) is 7.74. The monoisotopic (exact) mass is 264 g/mol. The molecule has 0 saturated carbocycles. The number of rotatable bonds is 3. The van der Waals surface area contributed by atoms with Gasteiger partial charge in [-0.15, -0.1) is 9.24 Å². The van der Waals surface area contributed by atoms with Crippen LogP contribution in [-0.2, 0) is 6.16 Å². The van der Waals surface area contributed by atoms with Crippen molar-refractivity contribution in [1.82, 2.24) is 0 Å². The molecule has 0 heterocycles. The topological polar surface area (TPSA) is 0 Å². The Labute approximate surface area is 116 Å². The lowest BCUT2D eigenvalue weighted by atomic mass is 9.69. The molecule has 2 unspecified atom stereocenters. The number of hydrogen-bond donors (Lipinski definition) is 0. The van der Waals surface area contributed by atoms with Crippen LogP contribution in [0.3, 0.4) is 0 Å². The van der Waals surface area contributed by atoms with Crippen LogP contribution in [0.4, 0.5) is 0 Å². The highest BCUT2D eigenvalue weighted by atomic mass is 31.0. The van der Waals surface area contributed by atoms with E-state index in [1.807, 2.05) is 0 Å². The Hall–Kier alpha value is -0.350. The second kappa shape index (κ2) is 5.74. The summed E-state index contributed by atoms with van der Waals surface area (Å²) in [5, 5.41) is 0. The highest BCUT2D eigenvalue weighted by molar-refractivity contribution is 7.15. The predicted octanol–water partition coefficient (Wildman–Crippen LogP) is 5.63. The summed E-state index contributed by atoms with van der Waals surface area (Å²) in [6.07, 6.45) is 2.27. The van der Waals surface area contributed by atoms with E-state index in [-0.39, 0.29) is 0 Å². The molecule has 0 bridgehead atoms. The third kappa shape index (κ3) is 4.73. The predicted molar refractivity (Wildman–Crippen MR) is 86.1 cm³/mol. The minimum Gasteiger partial charge on any atom is -0.133 e. The molecule has 1 aromatic rings. The van der Waals surface area contributed by atoms with Gasteiger partial charge in [0, 0.05) is 0 Å². The molecule has 102 valence electrons. The Kier molecular flexibility index (Phi) is 5.01. The van der Waals surface area contributed by atoms with E-state index < -0.39 is 0 Å². The van der Waals surface area contributed by atoms with Crippen molar-refractivity contribution in [2.24, 2.45) is 10.8 Å². The average molecular weight is 264 g/mol. The molecule has 0 radical (unpaired) electrons. The third-order valence-corrected chi connectivity index (χ3v) is 3.95. The van der Waals surface area contributed by atoms with Gasteiger partial charge in [0.1, 0.15) is 0 Å². The standard InChI is InChI=1S/C17H29P/c1-16(2,3)11-15(17(4,5)6)14-9-7-13(12-18)8-10-14/h7-10,15H,11-12,18H2,1-6H3. The zero-order chi connectivity index (χ0) is 14.0. The molecule has 0 aliphatic rings. The summed E-state index contributed by atoms with van der Waals surface area (Å²) < 4.78 is 0. The van der Waals surface area contributed by atoms with Crippen LogP contribution in [0.15, 0.2) is 24.3 Å². The Morgan fingerprint density at radius 2 is 1.44 bits per heavy atom. The van der Waals surface area contributed by atoms with Gasteiger partial charge in [-0.2, -0.15) is 0 Å². The van der Waals surface area contributed by atoms with Crippen molar-refractivity contribution >= 4 is 9.24 Å². The summed E-state index contributed by atoms with van der Waals surface area (Å²) in [6, 6.07) is 9.18. The quantitative estimate of drug-likeness (QED) is 0.621. The Balaban J connectivity index is 3.02. The Bertz CT molecular complexity index is 362. The molecular weight excluding hydrogens is 235 g/mol. The van der Waals surface area contributed by atoms with Crippen LogP contribution in [0.1, 0.15) is 65.0 Å². The van der Waals surface area contributed by atoms with E-state index in [0.29, 0.717) is 16.7 Å². The van der Waals surface area contributed by atoms with Gasteiger partial charge in [0.2, 0.25) is 0 Å². The molecule has 0 saturated heterocycles. The number of hydrogen-bond acceptors (Lipinski definition) is 0. The maximum Gasteiger partial charge on any atom is -0.0108 e. The molecule has 18 heavy (non-hydrogen) atoms. The molecule has 0 aliphatic carbocycles. The smallest absolute Gasteiger partial charge is 0.0108 e. The summed E-state index contributed by atoms with van der Waals surface area (Å²) in [6.45, 7) is 14.1. The molecule has 0 nitrogen and oxygen atoms in total. The van der Waals surface area contributed by atoms with E-state index in [0.717, 1.165) is 6.16 Å². The molecule has 0 amide bonds. The van der Waals surface area contributed by atoms with Crippen LogP contribution < -0.4 is 0 Å². The van der Waals surface area contributed by atoms with E-state index in [9.17, 15) is 0 Å². The molecule has 1 heteroatoms. The van der Waals surface area contributed by atoms with E-state index in [2.05, 4.69) is 75.0 Å². The van der Waals surface area contributed by atoms with Gasteiger partial charge in [0.05, 0.1) is 0 Å². The lowest BCUT2D eigenvalue weighted by molar-refractivity contribution is 0.229. The summed E-state index contributed by atoms with van der Waals surface area (Å²) in [5.74, 6) is 0.621. The number of benzene rings is 1. The van der Waals surface area contributed by atoms with Crippen LogP contribution in [-0.4, -0.2) is 0 Å². The fraction of sp³-hybridized carbons (Fsp3) is 0.647. The summed E-state index contributed by atoms with van der Waals surface area (Å²) in [7, 11) is 2.79. The molecule has 2 atom stereocenters. The first-order chi connectivity index (χ1) is 8.13. The molecule has 0 spiro atoms. The molecule has 0 aliphatic heterocycles. The highest BCUT2D eigenvalue weighted by Gasteiger charge is 2.30. The van der Waals surface area contributed by atoms with Gasteiger partial charge in [-0.1, -0.05) is 65.8 Å². The summed E-state index contributed by atoms with van der Waals surface area (Å²) in [4.78, 5) is 0. The zero-order valence-electron chi connectivity index (χ0n) is 12.9. The Morgan fingerprint density at radius 3 is 1.78 bits per heavy atom. The minimum absolute atomic E-state index is 0.315. The highest BCUT2D eigenvalue weighted by Crippen LogP contribution is 2.43. The summed E-state index contributed by atoms with van der Waals surface area (Å²) in [5.41, 5.74) is 3.57.